The average Bonchev–Trinajstić information content (AvgIpc) is 2.19. The van der Waals surface area contributed by atoms with E-state index < -0.39 is 11.9 Å². The van der Waals surface area contributed by atoms with E-state index in [4.69, 9.17) is 16.1 Å². The predicted octanol–water partition coefficient (Wildman–Crippen LogP) is 0.685. The summed E-state index contributed by atoms with van der Waals surface area (Å²) < 4.78 is 0. The number of hydrogen-bond donors (Lipinski definition) is 2. The van der Waals surface area contributed by atoms with Crippen molar-refractivity contribution < 1.29 is 9.90 Å². The van der Waals surface area contributed by atoms with Crippen molar-refractivity contribution >= 4 is 5.97 Å². The van der Waals surface area contributed by atoms with Gasteiger partial charge in [0, 0.05) is 6.54 Å². The molecule has 0 heterocycles. The SMILES string of the molecule is N#Cc1ccccc1C(CN)C(=O)O. The first-order valence-electron chi connectivity index (χ1n) is 4.12. The number of aliphatic carboxylic acids is 1. The van der Waals surface area contributed by atoms with Crippen LogP contribution in [0, 0.1) is 11.3 Å². The van der Waals surface area contributed by atoms with Gasteiger partial charge in [-0.25, -0.2) is 0 Å². The van der Waals surface area contributed by atoms with Crippen LogP contribution < -0.4 is 5.73 Å². The number of nitriles is 1. The lowest BCUT2D eigenvalue weighted by molar-refractivity contribution is -0.138. The monoisotopic (exact) mass is 190 g/mol. The summed E-state index contributed by atoms with van der Waals surface area (Å²) in [5.41, 5.74) is 6.18. The highest BCUT2D eigenvalue weighted by Crippen LogP contribution is 2.18. The first-order valence-corrected chi connectivity index (χ1v) is 4.12. The van der Waals surface area contributed by atoms with Gasteiger partial charge in [-0.1, -0.05) is 18.2 Å². The second-order valence-electron chi connectivity index (χ2n) is 2.83. The molecule has 0 aromatic heterocycles. The molecule has 1 rings (SSSR count). The molecule has 0 aliphatic heterocycles. The Bertz CT molecular complexity index is 382. The van der Waals surface area contributed by atoms with Crippen molar-refractivity contribution in [2.75, 3.05) is 6.54 Å². The molecule has 3 N–H and O–H groups in total. The Morgan fingerprint density at radius 3 is 2.71 bits per heavy atom. The van der Waals surface area contributed by atoms with Gasteiger partial charge in [0.05, 0.1) is 17.6 Å². The van der Waals surface area contributed by atoms with Crippen molar-refractivity contribution in [2.24, 2.45) is 5.73 Å². The molecule has 0 saturated carbocycles. The van der Waals surface area contributed by atoms with Crippen LogP contribution in [0.4, 0.5) is 0 Å². The van der Waals surface area contributed by atoms with Gasteiger partial charge in [0.1, 0.15) is 0 Å². The molecule has 1 aromatic rings. The minimum Gasteiger partial charge on any atom is -0.481 e. The molecular weight excluding hydrogens is 180 g/mol. The van der Waals surface area contributed by atoms with Gasteiger partial charge in [-0.3, -0.25) is 4.79 Å². The number of nitrogens with zero attached hydrogens (tertiary/aromatic N) is 1. The third kappa shape index (κ3) is 1.90. The number of nitrogens with two attached hydrogens (primary N) is 1. The van der Waals surface area contributed by atoms with E-state index in [9.17, 15) is 4.79 Å². The minimum absolute atomic E-state index is 0.00593. The Kier molecular flexibility index (Phi) is 3.21. The van der Waals surface area contributed by atoms with Gasteiger partial charge < -0.3 is 10.8 Å². The summed E-state index contributed by atoms with van der Waals surface area (Å²) in [7, 11) is 0. The van der Waals surface area contributed by atoms with Crippen LogP contribution >= 0.6 is 0 Å². The summed E-state index contributed by atoms with van der Waals surface area (Å²) in [4.78, 5) is 10.8. The van der Waals surface area contributed by atoms with E-state index >= 15 is 0 Å². The molecule has 0 radical (unpaired) electrons. The fourth-order valence-electron chi connectivity index (χ4n) is 1.26. The molecule has 0 saturated heterocycles. The third-order valence-electron chi connectivity index (χ3n) is 1.99. The van der Waals surface area contributed by atoms with Crippen LogP contribution in [0.15, 0.2) is 24.3 Å². The molecule has 1 atom stereocenters. The third-order valence-corrected chi connectivity index (χ3v) is 1.99. The van der Waals surface area contributed by atoms with Crippen molar-refractivity contribution in [2.45, 2.75) is 5.92 Å². The van der Waals surface area contributed by atoms with Gasteiger partial charge >= 0.3 is 5.97 Å². The summed E-state index contributed by atoms with van der Waals surface area (Å²) >= 11 is 0. The zero-order valence-electron chi connectivity index (χ0n) is 7.47. The van der Waals surface area contributed by atoms with Crippen LogP contribution in [0.1, 0.15) is 17.0 Å². The van der Waals surface area contributed by atoms with Gasteiger partial charge in [0.15, 0.2) is 0 Å². The molecule has 14 heavy (non-hydrogen) atoms. The molecule has 1 unspecified atom stereocenters. The Morgan fingerprint density at radius 2 is 2.21 bits per heavy atom. The molecule has 0 fully saturated rings. The molecule has 1 aromatic carbocycles. The molecule has 4 nitrogen and oxygen atoms in total. The molecule has 0 amide bonds. The van der Waals surface area contributed by atoms with Crippen molar-refractivity contribution in [1.29, 1.82) is 5.26 Å². The Morgan fingerprint density at radius 1 is 1.57 bits per heavy atom. The molecule has 0 bridgehead atoms. The lowest BCUT2D eigenvalue weighted by Gasteiger charge is -2.10. The van der Waals surface area contributed by atoms with Crippen LogP contribution in [0.25, 0.3) is 0 Å². The zero-order chi connectivity index (χ0) is 10.6. The molecule has 0 aliphatic carbocycles. The van der Waals surface area contributed by atoms with Crippen LogP contribution in [0.5, 0.6) is 0 Å². The second kappa shape index (κ2) is 4.40. The summed E-state index contributed by atoms with van der Waals surface area (Å²) in [6, 6.07) is 8.53. The molecule has 72 valence electrons. The molecular formula is C10H10N2O2. The van der Waals surface area contributed by atoms with Crippen LogP contribution in [0.3, 0.4) is 0 Å². The van der Waals surface area contributed by atoms with Gasteiger partial charge in [0.2, 0.25) is 0 Å². The Hall–Kier alpha value is -1.86. The number of hydrogen-bond acceptors (Lipinski definition) is 3. The normalized spacial score (nSPS) is 11.7. The van der Waals surface area contributed by atoms with Crippen molar-refractivity contribution in [3.05, 3.63) is 35.4 Å². The molecule has 0 spiro atoms. The summed E-state index contributed by atoms with van der Waals surface area (Å²) in [6.45, 7) is -0.00593. The van der Waals surface area contributed by atoms with Gasteiger partial charge in [-0.2, -0.15) is 5.26 Å². The molecule has 4 heteroatoms. The quantitative estimate of drug-likeness (QED) is 0.733. The van der Waals surface area contributed by atoms with Gasteiger partial charge in [0.25, 0.3) is 0 Å². The van der Waals surface area contributed by atoms with Crippen LogP contribution in [0.2, 0.25) is 0 Å². The highest BCUT2D eigenvalue weighted by molar-refractivity contribution is 5.77. The standard InChI is InChI=1S/C10H10N2O2/c11-5-7-3-1-2-4-8(7)9(6-12)10(13)14/h1-4,9H,6,12H2,(H,13,14). The maximum Gasteiger partial charge on any atom is 0.312 e. The predicted molar refractivity (Wildman–Crippen MR) is 50.6 cm³/mol. The lowest BCUT2D eigenvalue weighted by atomic mass is 9.95. The van der Waals surface area contributed by atoms with E-state index in [2.05, 4.69) is 0 Å². The zero-order valence-corrected chi connectivity index (χ0v) is 7.47. The molecule has 0 aliphatic rings. The largest absolute Gasteiger partial charge is 0.481 e. The number of rotatable bonds is 3. The maximum absolute atomic E-state index is 10.8. The highest BCUT2D eigenvalue weighted by atomic mass is 16.4. The van der Waals surface area contributed by atoms with E-state index in [1.807, 2.05) is 6.07 Å². The lowest BCUT2D eigenvalue weighted by Crippen LogP contribution is -2.21. The minimum atomic E-state index is -1.00. The van der Waals surface area contributed by atoms with E-state index in [0.717, 1.165) is 0 Å². The van der Waals surface area contributed by atoms with Crippen molar-refractivity contribution in [1.82, 2.24) is 0 Å². The van der Waals surface area contributed by atoms with Crippen molar-refractivity contribution in [3.8, 4) is 6.07 Å². The van der Waals surface area contributed by atoms with E-state index in [-0.39, 0.29) is 6.54 Å². The number of carbonyl (C=O) groups is 1. The first-order chi connectivity index (χ1) is 6.70. The summed E-state index contributed by atoms with van der Waals surface area (Å²) in [6.07, 6.45) is 0. The van der Waals surface area contributed by atoms with Crippen LogP contribution in [-0.2, 0) is 4.79 Å². The number of benzene rings is 1. The smallest absolute Gasteiger partial charge is 0.312 e. The fourth-order valence-corrected chi connectivity index (χ4v) is 1.26. The van der Waals surface area contributed by atoms with E-state index in [0.29, 0.717) is 11.1 Å². The highest BCUT2D eigenvalue weighted by Gasteiger charge is 2.20. The summed E-state index contributed by atoms with van der Waals surface area (Å²) in [5.74, 6) is -1.80. The Labute approximate surface area is 81.6 Å². The topological polar surface area (TPSA) is 87.1 Å². The van der Waals surface area contributed by atoms with E-state index in [1.165, 1.54) is 0 Å². The number of carboxylic acid groups (broad SMARTS) is 1. The van der Waals surface area contributed by atoms with Crippen LogP contribution in [-0.4, -0.2) is 17.6 Å². The van der Waals surface area contributed by atoms with Gasteiger partial charge in [-0.05, 0) is 11.6 Å². The maximum atomic E-state index is 10.8. The van der Waals surface area contributed by atoms with E-state index in [1.54, 1.807) is 24.3 Å². The fraction of sp³-hybridized carbons (Fsp3) is 0.200. The Balaban J connectivity index is 3.17. The number of carboxylic acids is 1. The second-order valence-corrected chi connectivity index (χ2v) is 2.83. The average molecular weight is 190 g/mol. The summed E-state index contributed by atoms with van der Waals surface area (Å²) in [5, 5.41) is 17.6. The van der Waals surface area contributed by atoms with Crippen molar-refractivity contribution in [3.63, 3.8) is 0 Å². The van der Waals surface area contributed by atoms with Gasteiger partial charge in [-0.15, -0.1) is 0 Å². The first kappa shape index (κ1) is 10.2.